The molecule has 2 aromatic heterocycles. The van der Waals surface area contributed by atoms with Crippen LogP contribution in [-0.4, -0.2) is 39.1 Å². The van der Waals surface area contributed by atoms with E-state index in [0.717, 1.165) is 42.4 Å². The van der Waals surface area contributed by atoms with Gasteiger partial charge in [-0.15, -0.1) is 0 Å². The molecule has 0 spiro atoms. The zero-order valence-corrected chi connectivity index (χ0v) is 16.6. The molecule has 1 saturated carbocycles. The van der Waals surface area contributed by atoms with Crippen molar-refractivity contribution in [2.24, 2.45) is 0 Å². The monoisotopic (exact) mass is 370 g/mol. The van der Waals surface area contributed by atoms with Gasteiger partial charge in [0.1, 0.15) is 0 Å². The lowest BCUT2D eigenvalue weighted by Gasteiger charge is -2.29. The summed E-state index contributed by atoms with van der Waals surface area (Å²) in [5.41, 5.74) is 1.78. The van der Waals surface area contributed by atoms with Gasteiger partial charge < -0.3 is 16.0 Å². The van der Waals surface area contributed by atoms with Crippen molar-refractivity contribution in [2.45, 2.75) is 77.4 Å². The normalized spacial score (nSPS) is 20.1. The van der Waals surface area contributed by atoms with E-state index >= 15 is 0 Å². The molecule has 2 heterocycles. The van der Waals surface area contributed by atoms with Crippen LogP contribution < -0.4 is 16.0 Å². The summed E-state index contributed by atoms with van der Waals surface area (Å²) in [4.78, 5) is 25.5. The van der Waals surface area contributed by atoms with Crippen LogP contribution in [0.4, 0.5) is 10.7 Å². The van der Waals surface area contributed by atoms with E-state index in [2.05, 4.69) is 44.7 Å². The zero-order chi connectivity index (χ0) is 19.4. The number of nitrogens with one attached hydrogen (secondary N) is 3. The average molecular weight is 371 g/mol. The molecule has 0 unspecified atom stereocenters. The maximum atomic E-state index is 11.8. The minimum absolute atomic E-state index is 0.0775. The summed E-state index contributed by atoms with van der Waals surface area (Å²) in [6, 6.07) is 4.69. The van der Waals surface area contributed by atoms with E-state index in [4.69, 9.17) is 0 Å². The van der Waals surface area contributed by atoms with Crippen LogP contribution in [0.3, 0.4) is 0 Å². The Hall–Kier alpha value is -2.44. The fraction of sp³-hybridized carbons (Fsp3) is 0.600. The van der Waals surface area contributed by atoms with Crippen molar-refractivity contribution in [1.82, 2.24) is 25.6 Å². The number of carbonyl (C=O) groups is 1. The molecule has 7 nitrogen and oxygen atoms in total. The molecule has 7 heteroatoms. The van der Waals surface area contributed by atoms with Gasteiger partial charge in [-0.05, 0) is 57.6 Å². The van der Waals surface area contributed by atoms with Gasteiger partial charge in [-0.3, -0.25) is 0 Å². The Morgan fingerprint density at radius 1 is 1.04 bits per heavy atom. The van der Waals surface area contributed by atoms with Gasteiger partial charge in [-0.2, -0.15) is 4.98 Å². The summed E-state index contributed by atoms with van der Waals surface area (Å²) in [6.45, 7) is 8.18. The smallest absolute Gasteiger partial charge is 0.315 e. The first-order valence-corrected chi connectivity index (χ1v) is 9.88. The number of amides is 2. The number of rotatable bonds is 5. The molecule has 0 saturated heterocycles. The average Bonchev–Trinajstić information content (AvgIpc) is 2.62. The number of hydrogen-bond acceptors (Lipinski definition) is 5. The second-order valence-electron chi connectivity index (χ2n) is 7.96. The van der Waals surface area contributed by atoms with Gasteiger partial charge in [0.15, 0.2) is 5.65 Å². The Kier molecular flexibility index (Phi) is 6.08. The maximum Gasteiger partial charge on any atom is 0.315 e. The zero-order valence-electron chi connectivity index (χ0n) is 16.6. The van der Waals surface area contributed by atoms with Crippen LogP contribution in [0.25, 0.3) is 11.0 Å². The van der Waals surface area contributed by atoms with Gasteiger partial charge in [-0.1, -0.05) is 13.8 Å². The largest absolute Gasteiger partial charge is 0.351 e. The minimum atomic E-state index is -0.0775. The molecule has 0 radical (unpaired) electrons. The van der Waals surface area contributed by atoms with E-state index in [-0.39, 0.29) is 18.1 Å². The summed E-state index contributed by atoms with van der Waals surface area (Å²) in [6.07, 6.45) is 5.69. The van der Waals surface area contributed by atoms with Crippen LogP contribution in [0, 0.1) is 0 Å². The highest BCUT2D eigenvalue weighted by molar-refractivity contribution is 5.75. The number of urea groups is 1. The lowest BCUT2D eigenvalue weighted by molar-refractivity contribution is 0.229. The first-order valence-electron chi connectivity index (χ1n) is 9.88. The molecule has 3 rings (SSSR count). The maximum absolute atomic E-state index is 11.8. The SMILES string of the molecule is CC(C)NC(=O)N[C@H]1CC[C@H](Nc2ncc3ccc(C(C)C)nc3n2)CC1. The van der Waals surface area contributed by atoms with Crippen molar-refractivity contribution in [3.8, 4) is 0 Å². The lowest BCUT2D eigenvalue weighted by Crippen LogP contribution is -2.46. The third-order valence-corrected chi connectivity index (χ3v) is 4.87. The number of hydrogen-bond donors (Lipinski definition) is 3. The van der Waals surface area contributed by atoms with Gasteiger partial charge in [0, 0.05) is 35.4 Å². The topological polar surface area (TPSA) is 91.8 Å². The molecule has 2 aromatic rings. The lowest BCUT2D eigenvalue weighted by atomic mass is 9.91. The van der Waals surface area contributed by atoms with Crippen LogP contribution >= 0.6 is 0 Å². The Labute approximate surface area is 160 Å². The highest BCUT2D eigenvalue weighted by Gasteiger charge is 2.23. The van der Waals surface area contributed by atoms with E-state index in [1.165, 1.54) is 0 Å². The standard InChI is InChI=1S/C20H30N6O/c1-12(2)17-10-5-14-11-21-19(26-18(14)25-17)23-15-6-8-16(9-7-15)24-20(27)22-13(3)4/h5,10-13,15-16H,6-9H2,1-4H3,(H2,22,24,27)(H,21,23,25,26)/t15-,16-. The fourth-order valence-electron chi connectivity index (χ4n) is 3.37. The third kappa shape index (κ3) is 5.28. The fourth-order valence-corrected chi connectivity index (χ4v) is 3.37. The van der Waals surface area contributed by atoms with E-state index in [9.17, 15) is 4.79 Å². The summed E-state index contributed by atoms with van der Waals surface area (Å²) < 4.78 is 0. The highest BCUT2D eigenvalue weighted by atomic mass is 16.2. The second kappa shape index (κ2) is 8.50. The molecule has 2 amide bonds. The van der Waals surface area contributed by atoms with Crippen LogP contribution in [0.15, 0.2) is 18.3 Å². The Morgan fingerprint density at radius 3 is 2.41 bits per heavy atom. The van der Waals surface area contributed by atoms with Crippen molar-refractivity contribution >= 4 is 23.0 Å². The molecule has 0 bridgehead atoms. The molecule has 146 valence electrons. The van der Waals surface area contributed by atoms with Crippen molar-refractivity contribution in [2.75, 3.05) is 5.32 Å². The molecule has 0 aromatic carbocycles. The first-order chi connectivity index (χ1) is 12.9. The number of aromatic nitrogens is 3. The van der Waals surface area contributed by atoms with Crippen molar-refractivity contribution in [1.29, 1.82) is 0 Å². The van der Waals surface area contributed by atoms with Gasteiger partial charge in [0.05, 0.1) is 0 Å². The summed E-state index contributed by atoms with van der Waals surface area (Å²) in [5, 5.41) is 10.3. The van der Waals surface area contributed by atoms with E-state index in [0.29, 0.717) is 17.9 Å². The third-order valence-electron chi connectivity index (χ3n) is 4.87. The van der Waals surface area contributed by atoms with E-state index in [1.54, 1.807) is 0 Å². The predicted octanol–water partition coefficient (Wildman–Crippen LogP) is 3.58. The minimum Gasteiger partial charge on any atom is -0.351 e. The Balaban J connectivity index is 1.56. The van der Waals surface area contributed by atoms with Gasteiger partial charge in [0.25, 0.3) is 0 Å². The molecular formula is C20H30N6O. The molecule has 0 atom stereocenters. The molecular weight excluding hydrogens is 340 g/mol. The number of nitrogens with zero attached hydrogens (tertiary/aromatic N) is 3. The summed E-state index contributed by atoms with van der Waals surface area (Å²) in [7, 11) is 0. The van der Waals surface area contributed by atoms with Crippen LogP contribution in [0.5, 0.6) is 0 Å². The number of fused-ring (bicyclic) bond motifs is 1. The van der Waals surface area contributed by atoms with Crippen LogP contribution in [0.1, 0.15) is 65.0 Å². The molecule has 1 fully saturated rings. The predicted molar refractivity (Wildman–Crippen MR) is 108 cm³/mol. The van der Waals surface area contributed by atoms with Gasteiger partial charge in [0.2, 0.25) is 5.95 Å². The van der Waals surface area contributed by atoms with Crippen molar-refractivity contribution in [3.63, 3.8) is 0 Å². The molecule has 1 aliphatic carbocycles. The molecule has 0 aliphatic heterocycles. The van der Waals surface area contributed by atoms with Crippen LogP contribution in [0.2, 0.25) is 0 Å². The quantitative estimate of drug-likeness (QED) is 0.748. The molecule has 27 heavy (non-hydrogen) atoms. The number of pyridine rings is 1. The van der Waals surface area contributed by atoms with Gasteiger partial charge >= 0.3 is 6.03 Å². The van der Waals surface area contributed by atoms with Crippen molar-refractivity contribution < 1.29 is 4.79 Å². The van der Waals surface area contributed by atoms with Crippen molar-refractivity contribution in [3.05, 3.63) is 24.0 Å². The van der Waals surface area contributed by atoms with E-state index < -0.39 is 0 Å². The van der Waals surface area contributed by atoms with Crippen LogP contribution in [-0.2, 0) is 0 Å². The summed E-state index contributed by atoms with van der Waals surface area (Å²) in [5.74, 6) is 1.00. The van der Waals surface area contributed by atoms with E-state index in [1.807, 2.05) is 32.2 Å². The van der Waals surface area contributed by atoms with Gasteiger partial charge in [-0.25, -0.2) is 14.8 Å². The second-order valence-corrected chi connectivity index (χ2v) is 7.96. The Morgan fingerprint density at radius 2 is 1.74 bits per heavy atom. The number of carbonyl (C=O) groups excluding carboxylic acids is 1. The Bertz CT molecular complexity index is 783. The number of anilines is 1. The first kappa shape index (κ1) is 19.3. The molecule has 1 aliphatic rings. The highest BCUT2D eigenvalue weighted by Crippen LogP contribution is 2.22. The molecule has 3 N–H and O–H groups in total. The summed E-state index contributed by atoms with van der Waals surface area (Å²) >= 11 is 0.